The Hall–Kier alpha value is -1.06. The Bertz CT molecular complexity index is 403. The average Bonchev–Trinajstić information content (AvgIpc) is 2.37. The van der Waals surface area contributed by atoms with E-state index in [1.165, 1.54) is 5.56 Å². The van der Waals surface area contributed by atoms with E-state index in [-0.39, 0.29) is 5.41 Å². The van der Waals surface area contributed by atoms with Crippen LogP contribution in [0, 0.1) is 5.41 Å². The molecule has 0 bridgehead atoms. The van der Waals surface area contributed by atoms with Crippen molar-refractivity contribution < 1.29 is 4.74 Å². The first-order valence-electron chi connectivity index (χ1n) is 6.65. The summed E-state index contributed by atoms with van der Waals surface area (Å²) in [4.78, 5) is 2.41. The Morgan fingerprint density at radius 2 is 2.11 bits per heavy atom. The van der Waals surface area contributed by atoms with Gasteiger partial charge in [0.25, 0.3) is 0 Å². The summed E-state index contributed by atoms with van der Waals surface area (Å²) < 4.78 is 5.71. The second-order valence-corrected chi connectivity index (χ2v) is 5.97. The average molecular weight is 248 g/mol. The Morgan fingerprint density at radius 3 is 2.83 bits per heavy atom. The van der Waals surface area contributed by atoms with Gasteiger partial charge in [0.2, 0.25) is 0 Å². The smallest absolute Gasteiger partial charge is 0.124 e. The number of hydrogen-bond acceptors (Lipinski definition) is 3. The molecule has 0 aromatic heterocycles. The molecular formula is C15H24N2O. The second kappa shape index (κ2) is 5.29. The molecule has 1 aromatic rings. The van der Waals surface area contributed by atoms with Crippen LogP contribution < -0.4 is 10.5 Å². The van der Waals surface area contributed by atoms with Gasteiger partial charge in [0.05, 0.1) is 6.61 Å². The molecule has 1 aliphatic rings. The van der Waals surface area contributed by atoms with Crippen molar-refractivity contribution in [2.24, 2.45) is 11.1 Å². The lowest BCUT2D eigenvalue weighted by atomic mass is 9.91. The molecule has 0 amide bonds. The van der Waals surface area contributed by atoms with Gasteiger partial charge < -0.3 is 10.5 Å². The van der Waals surface area contributed by atoms with Gasteiger partial charge in [-0.1, -0.05) is 32.0 Å². The van der Waals surface area contributed by atoms with Crippen LogP contribution in [0.25, 0.3) is 0 Å². The van der Waals surface area contributed by atoms with E-state index in [1.807, 2.05) is 6.07 Å². The van der Waals surface area contributed by atoms with Crippen molar-refractivity contribution in [3.63, 3.8) is 0 Å². The molecule has 0 saturated carbocycles. The number of fused-ring (bicyclic) bond motifs is 1. The highest BCUT2D eigenvalue weighted by Crippen LogP contribution is 2.36. The van der Waals surface area contributed by atoms with E-state index in [2.05, 4.69) is 44.0 Å². The number of nitrogens with zero attached hydrogens (tertiary/aromatic N) is 1. The zero-order chi connectivity index (χ0) is 13.2. The van der Waals surface area contributed by atoms with Crippen molar-refractivity contribution in [2.45, 2.75) is 26.3 Å². The van der Waals surface area contributed by atoms with E-state index in [1.54, 1.807) is 0 Å². The highest BCUT2D eigenvalue weighted by atomic mass is 16.5. The van der Waals surface area contributed by atoms with Crippen molar-refractivity contribution in [3.8, 4) is 5.75 Å². The van der Waals surface area contributed by atoms with E-state index in [0.29, 0.717) is 12.6 Å². The van der Waals surface area contributed by atoms with Gasteiger partial charge >= 0.3 is 0 Å². The number of rotatable bonds is 4. The van der Waals surface area contributed by atoms with Gasteiger partial charge in [-0.05, 0) is 25.1 Å². The molecular weight excluding hydrogens is 224 g/mol. The summed E-state index contributed by atoms with van der Waals surface area (Å²) in [6, 6.07) is 8.79. The Labute approximate surface area is 110 Å². The lowest BCUT2D eigenvalue weighted by Gasteiger charge is -2.37. The summed E-state index contributed by atoms with van der Waals surface area (Å²) in [7, 11) is 2.18. The van der Waals surface area contributed by atoms with Gasteiger partial charge in [0.15, 0.2) is 0 Å². The summed E-state index contributed by atoms with van der Waals surface area (Å²) in [5.74, 6) is 1.03. The maximum absolute atomic E-state index is 5.83. The minimum atomic E-state index is 0.155. The Morgan fingerprint density at radius 1 is 1.39 bits per heavy atom. The predicted molar refractivity (Wildman–Crippen MR) is 74.8 cm³/mol. The van der Waals surface area contributed by atoms with Crippen molar-refractivity contribution in [3.05, 3.63) is 29.8 Å². The lowest BCUT2D eigenvalue weighted by molar-refractivity contribution is 0.125. The lowest BCUT2D eigenvalue weighted by Crippen LogP contribution is -2.39. The van der Waals surface area contributed by atoms with Crippen molar-refractivity contribution in [2.75, 3.05) is 26.7 Å². The predicted octanol–water partition coefficient (Wildman–Crippen LogP) is 2.43. The molecule has 100 valence electrons. The molecule has 0 radical (unpaired) electrons. The molecule has 1 heterocycles. The van der Waals surface area contributed by atoms with Gasteiger partial charge in [-0.15, -0.1) is 0 Å². The summed E-state index contributed by atoms with van der Waals surface area (Å²) in [6.07, 6.45) is 1.05. The first kappa shape index (κ1) is 13.4. The van der Waals surface area contributed by atoms with Crippen LogP contribution >= 0.6 is 0 Å². The maximum atomic E-state index is 5.83. The van der Waals surface area contributed by atoms with Crippen LogP contribution in [0.5, 0.6) is 5.75 Å². The van der Waals surface area contributed by atoms with E-state index in [0.717, 1.165) is 25.3 Å². The molecule has 0 aliphatic carbocycles. The second-order valence-electron chi connectivity index (χ2n) is 5.97. The highest BCUT2D eigenvalue weighted by molar-refractivity contribution is 5.37. The van der Waals surface area contributed by atoms with E-state index >= 15 is 0 Å². The zero-order valence-corrected chi connectivity index (χ0v) is 11.6. The normalized spacial score (nSPS) is 19.5. The fourth-order valence-corrected chi connectivity index (χ4v) is 2.63. The van der Waals surface area contributed by atoms with Gasteiger partial charge in [0.1, 0.15) is 5.75 Å². The number of hydrogen-bond donors (Lipinski definition) is 1. The summed E-state index contributed by atoms with van der Waals surface area (Å²) in [5.41, 5.74) is 7.29. The third-order valence-corrected chi connectivity index (χ3v) is 3.69. The van der Waals surface area contributed by atoms with Crippen molar-refractivity contribution in [1.29, 1.82) is 0 Å². The van der Waals surface area contributed by atoms with E-state index < -0.39 is 0 Å². The van der Waals surface area contributed by atoms with Crippen LogP contribution in [-0.4, -0.2) is 31.6 Å². The van der Waals surface area contributed by atoms with Crippen LogP contribution in [0.1, 0.15) is 31.9 Å². The third kappa shape index (κ3) is 2.85. The summed E-state index contributed by atoms with van der Waals surface area (Å²) >= 11 is 0. The zero-order valence-electron chi connectivity index (χ0n) is 11.6. The van der Waals surface area contributed by atoms with Crippen molar-refractivity contribution in [1.82, 2.24) is 4.90 Å². The van der Waals surface area contributed by atoms with Crippen molar-refractivity contribution >= 4 is 0 Å². The Kier molecular flexibility index (Phi) is 3.93. The molecule has 2 N–H and O–H groups in total. The topological polar surface area (TPSA) is 38.5 Å². The minimum Gasteiger partial charge on any atom is -0.493 e. The van der Waals surface area contributed by atoms with Crippen LogP contribution in [-0.2, 0) is 0 Å². The molecule has 3 heteroatoms. The molecule has 1 unspecified atom stereocenters. The quantitative estimate of drug-likeness (QED) is 0.889. The summed E-state index contributed by atoms with van der Waals surface area (Å²) in [6.45, 7) is 6.95. The first-order chi connectivity index (χ1) is 8.53. The standard InChI is InChI=1S/C15H24N2O/c1-15(2,10-16)11-17(3)13-8-9-18-14-7-5-4-6-12(13)14/h4-7,13H,8-11,16H2,1-3H3. The first-order valence-corrected chi connectivity index (χ1v) is 6.65. The molecule has 1 aromatic carbocycles. The van der Waals surface area contributed by atoms with E-state index in [9.17, 15) is 0 Å². The monoisotopic (exact) mass is 248 g/mol. The molecule has 1 atom stereocenters. The van der Waals surface area contributed by atoms with Crippen LogP contribution in [0.4, 0.5) is 0 Å². The molecule has 0 spiro atoms. The van der Waals surface area contributed by atoms with Crippen LogP contribution in [0.15, 0.2) is 24.3 Å². The molecule has 18 heavy (non-hydrogen) atoms. The molecule has 1 aliphatic heterocycles. The van der Waals surface area contributed by atoms with Gasteiger partial charge in [-0.25, -0.2) is 0 Å². The molecule has 0 saturated heterocycles. The molecule has 3 nitrogen and oxygen atoms in total. The van der Waals surface area contributed by atoms with E-state index in [4.69, 9.17) is 10.5 Å². The van der Waals surface area contributed by atoms with Gasteiger partial charge in [-0.3, -0.25) is 4.90 Å². The summed E-state index contributed by atoms with van der Waals surface area (Å²) in [5, 5.41) is 0. The maximum Gasteiger partial charge on any atom is 0.124 e. The van der Waals surface area contributed by atoms with Gasteiger partial charge in [0, 0.05) is 24.6 Å². The molecule has 2 rings (SSSR count). The highest BCUT2D eigenvalue weighted by Gasteiger charge is 2.28. The van der Waals surface area contributed by atoms with Crippen LogP contribution in [0.2, 0.25) is 0 Å². The minimum absolute atomic E-state index is 0.155. The molecule has 0 fully saturated rings. The largest absolute Gasteiger partial charge is 0.493 e. The van der Waals surface area contributed by atoms with Crippen LogP contribution in [0.3, 0.4) is 0 Å². The fourth-order valence-electron chi connectivity index (χ4n) is 2.63. The fraction of sp³-hybridized carbons (Fsp3) is 0.600. The SMILES string of the molecule is CN(CC(C)(C)CN)C1CCOc2ccccc21. The third-order valence-electron chi connectivity index (χ3n) is 3.69. The van der Waals surface area contributed by atoms with Gasteiger partial charge in [-0.2, -0.15) is 0 Å². The number of benzene rings is 1. The number of para-hydroxylation sites is 1. The number of ether oxygens (including phenoxy) is 1. The number of nitrogens with two attached hydrogens (primary N) is 1. The Balaban J connectivity index is 2.15.